The molecule has 0 atom stereocenters. The van der Waals surface area contributed by atoms with E-state index >= 15 is 0 Å². The lowest BCUT2D eigenvalue weighted by atomic mass is 10.2. The van der Waals surface area contributed by atoms with Crippen molar-refractivity contribution in [3.8, 4) is 5.75 Å². The maximum Gasteiger partial charge on any atom is 0.265 e. The van der Waals surface area contributed by atoms with Crippen LogP contribution in [0.2, 0.25) is 0 Å². The van der Waals surface area contributed by atoms with Gasteiger partial charge in [-0.15, -0.1) is 0 Å². The van der Waals surface area contributed by atoms with Crippen LogP contribution in [0, 0.1) is 0 Å². The van der Waals surface area contributed by atoms with Gasteiger partial charge in [0, 0.05) is 13.0 Å². The molecule has 0 unspecified atom stereocenters. The number of ether oxygens (including phenoxy) is 1. The van der Waals surface area contributed by atoms with Gasteiger partial charge >= 0.3 is 0 Å². The first-order chi connectivity index (χ1) is 14.5. The van der Waals surface area contributed by atoms with Gasteiger partial charge in [-0.2, -0.15) is 4.98 Å². The molecule has 1 amide bonds. The molecule has 0 saturated heterocycles. The molecule has 4 rings (SSSR count). The molecule has 9 nitrogen and oxygen atoms in total. The van der Waals surface area contributed by atoms with Gasteiger partial charge in [0.1, 0.15) is 5.75 Å². The summed E-state index contributed by atoms with van der Waals surface area (Å²) in [5.41, 5.74) is 1.18. The van der Waals surface area contributed by atoms with Crippen molar-refractivity contribution in [2.45, 2.75) is 31.3 Å². The molecule has 156 valence electrons. The van der Waals surface area contributed by atoms with Crippen molar-refractivity contribution in [2.24, 2.45) is 0 Å². The summed E-state index contributed by atoms with van der Waals surface area (Å²) >= 11 is 0. The third-order valence-electron chi connectivity index (χ3n) is 4.60. The van der Waals surface area contributed by atoms with E-state index in [-0.39, 0.29) is 30.5 Å². The van der Waals surface area contributed by atoms with E-state index < -0.39 is 10.0 Å². The Kier molecular flexibility index (Phi) is 5.51. The fourth-order valence-corrected chi connectivity index (χ4v) is 4.06. The summed E-state index contributed by atoms with van der Waals surface area (Å²) < 4.78 is 38.7. The first-order valence-electron chi connectivity index (χ1n) is 9.38. The highest BCUT2D eigenvalue weighted by atomic mass is 32.2. The number of nitrogens with one attached hydrogen (secondary N) is 1. The van der Waals surface area contributed by atoms with Gasteiger partial charge in [-0.3, -0.25) is 9.69 Å². The molecule has 0 spiro atoms. The van der Waals surface area contributed by atoms with E-state index in [2.05, 4.69) is 14.9 Å². The standard InChI is InChI=1S/C20H20N4O5S/c1-2-19-22-18(23-29-19)12-24-16-10-15(8-9-17(16)28-13-20(24)25)30(26,27)21-11-14-6-4-3-5-7-14/h3-10,21H,2,11-13H2,1H3. The summed E-state index contributed by atoms with van der Waals surface area (Å²) in [4.78, 5) is 18.1. The Morgan fingerprint density at radius 2 is 1.97 bits per heavy atom. The molecular weight excluding hydrogens is 408 g/mol. The molecule has 0 aliphatic carbocycles. The molecule has 30 heavy (non-hydrogen) atoms. The minimum Gasteiger partial charge on any atom is -0.482 e. The summed E-state index contributed by atoms with van der Waals surface area (Å²) in [6.45, 7) is 1.94. The van der Waals surface area contributed by atoms with E-state index in [0.29, 0.717) is 29.6 Å². The number of carbonyl (C=O) groups excluding carboxylic acids is 1. The van der Waals surface area contributed by atoms with Gasteiger partial charge in [-0.1, -0.05) is 42.4 Å². The van der Waals surface area contributed by atoms with Gasteiger partial charge < -0.3 is 9.26 Å². The van der Waals surface area contributed by atoms with E-state index in [0.717, 1.165) is 5.56 Å². The van der Waals surface area contributed by atoms with Crippen LogP contribution in [0.25, 0.3) is 0 Å². The number of sulfonamides is 1. The molecule has 2 aromatic carbocycles. The zero-order chi connectivity index (χ0) is 21.1. The summed E-state index contributed by atoms with van der Waals surface area (Å²) in [5.74, 6) is 0.892. The van der Waals surface area contributed by atoms with E-state index in [9.17, 15) is 13.2 Å². The fourth-order valence-electron chi connectivity index (χ4n) is 3.02. The van der Waals surface area contributed by atoms with E-state index in [1.54, 1.807) is 6.07 Å². The number of hydrogen-bond acceptors (Lipinski definition) is 7. The average molecular weight is 428 g/mol. The van der Waals surface area contributed by atoms with Crippen molar-refractivity contribution in [3.05, 3.63) is 65.8 Å². The number of carbonyl (C=O) groups is 1. The lowest BCUT2D eigenvalue weighted by Crippen LogP contribution is -2.38. The zero-order valence-corrected chi connectivity index (χ0v) is 17.1. The van der Waals surface area contributed by atoms with Crippen molar-refractivity contribution in [2.75, 3.05) is 11.5 Å². The highest BCUT2D eigenvalue weighted by Crippen LogP contribution is 2.35. The molecule has 10 heteroatoms. The van der Waals surface area contributed by atoms with Crippen LogP contribution in [0.5, 0.6) is 5.75 Å². The Morgan fingerprint density at radius 3 is 2.70 bits per heavy atom. The third-order valence-corrected chi connectivity index (χ3v) is 6.00. The molecule has 0 bridgehead atoms. The SMILES string of the molecule is CCc1nc(CN2C(=O)COc3ccc(S(=O)(=O)NCc4ccccc4)cc32)no1. The number of aromatic nitrogens is 2. The minimum absolute atomic E-state index is 0.0304. The highest BCUT2D eigenvalue weighted by molar-refractivity contribution is 7.89. The Bertz CT molecular complexity index is 1160. The second-order valence-corrected chi connectivity index (χ2v) is 8.43. The molecule has 1 aliphatic rings. The quantitative estimate of drug-likeness (QED) is 0.612. The van der Waals surface area contributed by atoms with Gasteiger partial charge in [0.2, 0.25) is 15.9 Å². The first-order valence-corrected chi connectivity index (χ1v) is 10.9. The van der Waals surface area contributed by atoms with E-state index in [1.165, 1.54) is 17.0 Å². The maximum absolute atomic E-state index is 12.8. The Morgan fingerprint density at radius 1 is 1.17 bits per heavy atom. The topological polar surface area (TPSA) is 115 Å². The molecule has 0 fully saturated rings. The smallest absolute Gasteiger partial charge is 0.265 e. The minimum atomic E-state index is -3.80. The summed E-state index contributed by atoms with van der Waals surface area (Å²) in [5, 5.41) is 3.87. The van der Waals surface area contributed by atoms with Gasteiger partial charge in [-0.25, -0.2) is 13.1 Å². The van der Waals surface area contributed by atoms with Crippen LogP contribution in [0.1, 0.15) is 24.2 Å². The summed E-state index contributed by atoms with van der Waals surface area (Å²) in [6.07, 6.45) is 0.579. The molecule has 1 aromatic heterocycles. The number of anilines is 1. The number of benzene rings is 2. The fraction of sp³-hybridized carbons (Fsp3) is 0.250. The van der Waals surface area contributed by atoms with Gasteiger partial charge in [-0.05, 0) is 23.8 Å². The number of nitrogens with zero attached hydrogens (tertiary/aromatic N) is 3. The van der Waals surface area contributed by atoms with Crippen molar-refractivity contribution < 1.29 is 22.5 Å². The second-order valence-electron chi connectivity index (χ2n) is 6.67. The molecule has 1 aliphatic heterocycles. The van der Waals surface area contributed by atoms with Crippen LogP contribution in [-0.4, -0.2) is 31.1 Å². The highest BCUT2D eigenvalue weighted by Gasteiger charge is 2.29. The Balaban J connectivity index is 1.60. The maximum atomic E-state index is 12.8. The number of amides is 1. The monoisotopic (exact) mass is 428 g/mol. The largest absolute Gasteiger partial charge is 0.482 e. The van der Waals surface area contributed by atoms with Gasteiger partial charge in [0.05, 0.1) is 17.1 Å². The lowest BCUT2D eigenvalue weighted by Gasteiger charge is -2.28. The average Bonchev–Trinajstić information content (AvgIpc) is 3.22. The number of rotatable bonds is 7. The summed E-state index contributed by atoms with van der Waals surface area (Å²) in [6, 6.07) is 13.6. The predicted octanol–water partition coefficient (Wildman–Crippen LogP) is 2.04. The molecule has 1 N–H and O–H groups in total. The Labute approximate surface area is 173 Å². The van der Waals surface area contributed by atoms with Crippen LogP contribution < -0.4 is 14.4 Å². The van der Waals surface area contributed by atoms with Crippen LogP contribution in [0.3, 0.4) is 0 Å². The summed E-state index contributed by atoms with van der Waals surface area (Å²) in [7, 11) is -3.80. The molecular formula is C20H20N4O5S. The van der Waals surface area contributed by atoms with Crippen molar-refractivity contribution in [3.63, 3.8) is 0 Å². The van der Waals surface area contributed by atoms with Crippen molar-refractivity contribution in [1.82, 2.24) is 14.9 Å². The van der Waals surface area contributed by atoms with E-state index in [4.69, 9.17) is 9.26 Å². The zero-order valence-electron chi connectivity index (χ0n) is 16.2. The van der Waals surface area contributed by atoms with Crippen LogP contribution in [-0.2, 0) is 34.3 Å². The molecule has 0 radical (unpaired) electrons. The number of hydrogen-bond donors (Lipinski definition) is 1. The van der Waals surface area contributed by atoms with Crippen LogP contribution in [0.15, 0.2) is 57.9 Å². The van der Waals surface area contributed by atoms with Gasteiger partial charge in [0.25, 0.3) is 5.91 Å². The number of aryl methyl sites for hydroxylation is 1. The second kappa shape index (κ2) is 8.25. The van der Waals surface area contributed by atoms with E-state index in [1.807, 2.05) is 37.3 Å². The first kappa shape index (κ1) is 20.0. The van der Waals surface area contributed by atoms with Crippen molar-refractivity contribution >= 4 is 21.6 Å². The lowest BCUT2D eigenvalue weighted by molar-refractivity contribution is -0.121. The predicted molar refractivity (Wildman–Crippen MR) is 107 cm³/mol. The molecule has 2 heterocycles. The van der Waals surface area contributed by atoms with Crippen LogP contribution in [0.4, 0.5) is 5.69 Å². The van der Waals surface area contributed by atoms with Crippen molar-refractivity contribution in [1.29, 1.82) is 0 Å². The Hall–Kier alpha value is -3.24. The molecule has 3 aromatic rings. The third kappa shape index (κ3) is 4.19. The van der Waals surface area contributed by atoms with Gasteiger partial charge in [0.15, 0.2) is 12.4 Å². The molecule has 0 saturated carbocycles. The normalized spacial score (nSPS) is 13.8. The number of fused-ring (bicyclic) bond motifs is 1. The van der Waals surface area contributed by atoms with Crippen LogP contribution >= 0.6 is 0 Å².